The largest absolute Gasteiger partial charge is 0.481 e. The van der Waals surface area contributed by atoms with Crippen molar-refractivity contribution in [1.82, 2.24) is 0 Å². The molecule has 0 aliphatic carbocycles. The first kappa shape index (κ1) is 26.9. The van der Waals surface area contributed by atoms with Crippen LogP contribution in [-0.2, 0) is 14.3 Å². The van der Waals surface area contributed by atoms with Gasteiger partial charge in [-0.1, -0.05) is 84.0 Å². The van der Waals surface area contributed by atoms with Crippen LogP contribution in [0.5, 0.6) is 0 Å². The predicted molar refractivity (Wildman–Crippen MR) is 110 cm³/mol. The third kappa shape index (κ3) is 14.9. The predicted octanol–water partition coefficient (Wildman–Crippen LogP) is 4.45. The minimum atomic E-state index is -1.28. The van der Waals surface area contributed by atoms with Gasteiger partial charge in [-0.05, 0) is 19.8 Å². The van der Waals surface area contributed by atoms with Crippen LogP contribution in [0, 0.1) is 5.92 Å². The smallest absolute Gasteiger partial charge is 0.335 e. The van der Waals surface area contributed by atoms with E-state index in [1.165, 1.54) is 64.7 Å². The average molecular weight is 403 g/mol. The fourth-order valence-corrected chi connectivity index (χ4v) is 3.31. The third-order valence-corrected chi connectivity index (χ3v) is 5.13. The van der Waals surface area contributed by atoms with Crippen molar-refractivity contribution >= 4 is 11.9 Å². The molecule has 0 amide bonds. The van der Waals surface area contributed by atoms with Crippen LogP contribution in [0.25, 0.3) is 0 Å². The van der Waals surface area contributed by atoms with E-state index in [2.05, 4.69) is 6.92 Å². The number of carbonyl (C=O) groups excluding carboxylic acids is 1. The molecule has 0 aromatic carbocycles. The Kier molecular flexibility index (Phi) is 17.2. The van der Waals surface area contributed by atoms with Gasteiger partial charge in [0.05, 0.1) is 12.5 Å². The van der Waals surface area contributed by atoms with Crippen LogP contribution >= 0.6 is 0 Å². The normalized spacial score (nSPS) is 14.4. The first-order valence-corrected chi connectivity index (χ1v) is 11.1. The van der Waals surface area contributed by atoms with Crippen LogP contribution in [0.2, 0.25) is 0 Å². The van der Waals surface area contributed by atoms with Crippen LogP contribution in [-0.4, -0.2) is 46.1 Å². The van der Waals surface area contributed by atoms with Gasteiger partial charge < -0.3 is 20.1 Å². The number of aliphatic carboxylic acids is 1. The van der Waals surface area contributed by atoms with E-state index in [0.717, 1.165) is 19.3 Å². The lowest BCUT2D eigenvalue weighted by Crippen LogP contribution is -2.31. The van der Waals surface area contributed by atoms with Crippen molar-refractivity contribution in [3.8, 4) is 0 Å². The van der Waals surface area contributed by atoms with Crippen molar-refractivity contribution in [3.63, 3.8) is 0 Å². The van der Waals surface area contributed by atoms with Crippen molar-refractivity contribution in [2.45, 2.75) is 116 Å². The summed E-state index contributed by atoms with van der Waals surface area (Å²) in [6.45, 7) is 3.06. The van der Waals surface area contributed by atoms with Gasteiger partial charge in [-0.2, -0.15) is 0 Å². The molecule has 0 bridgehead atoms. The highest BCUT2D eigenvalue weighted by molar-refractivity contribution is 5.74. The lowest BCUT2D eigenvalue weighted by atomic mass is 9.94. The SMILES string of the molecule is CCCCCCCCCCCCCCC(CC(CO)OC(=O)C(C)O)C(=O)O. The molecule has 3 N–H and O–H groups in total. The highest BCUT2D eigenvalue weighted by Crippen LogP contribution is 2.19. The molecule has 0 fully saturated rings. The summed E-state index contributed by atoms with van der Waals surface area (Å²) in [6, 6.07) is 0. The second kappa shape index (κ2) is 17.9. The Morgan fingerprint density at radius 2 is 1.32 bits per heavy atom. The Labute approximate surface area is 170 Å². The first-order valence-electron chi connectivity index (χ1n) is 11.1. The number of aliphatic hydroxyl groups is 2. The van der Waals surface area contributed by atoms with Crippen LogP contribution in [0.1, 0.15) is 104 Å². The van der Waals surface area contributed by atoms with E-state index < -0.39 is 36.7 Å². The molecule has 3 unspecified atom stereocenters. The average Bonchev–Trinajstić information content (AvgIpc) is 2.66. The molecule has 6 nitrogen and oxygen atoms in total. The summed E-state index contributed by atoms with van der Waals surface area (Å²) in [5, 5.41) is 27.8. The number of carboxylic acids is 1. The number of ether oxygens (including phenoxy) is 1. The van der Waals surface area contributed by atoms with E-state index in [-0.39, 0.29) is 6.42 Å². The van der Waals surface area contributed by atoms with Gasteiger partial charge >= 0.3 is 11.9 Å². The third-order valence-electron chi connectivity index (χ3n) is 5.13. The maximum Gasteiger partial charge on any atom is 0.335 e. The van der Waals surface area contributed by atoms with Gasteiger partial charge in [0.25, 0.3) is 0 Å². The van der Waals surface area contributed by atoms with Crippen molar-refractivity contribution in [3.05, 3.63) is 0 Å². The number of unbranched alkanes of at least 4 members (excludes halogenated alkanes) is 11. The van der Waals surface area contributed by atoms with E-state index in [0.29, 0.717) is 6.42 Å². The second-order valence-corrected chi connectivity index (χ2v) is 7.87. The zero-order valence-electron chi connectivity index (χ0n) is 17.9. The van der Waals surface area contributed by atoms with Crippen LogP contribution in [0.4, 0.5) is 0 Å². The molecule has 0 spiro atoms. The van der Waals surface area contributed by atoms with E-state index in [1.54, 1.807) is 0 Å². The Hall–Kier alpha value is -1.14. The van der Waals surface area contributed by atoms with Gasteiger partial charge in [-0.15, -0.1) is 0 Å². The Balaban J connectivity index is 3.84. The molecule has 0 aromatic rings. The number of esters is 1. The molecule has 0 saturated heterocycles. The first-order chi connectivity index (χ1) is 13.4. The quantitative estimate of drug-likeness (QED) is 0.218. The van der Waals surface area contributed by atoms with E-state index in [1.807, 2.05) is 0 Å². The fourth-order valence-electron chi connectivity index (χ4n) is 3.31. The van der Waals surface area contributed by atoms with Gasteiger partial charge in [-0.3, -0.25) is 4.79 Å². The molecule has 6 heteroatoms. The second-order valence-electron chi connectivity index (χ2n) is 7.87. The lowest BCUT2D eigenvalue weighted by Gasteiger charge is -2.20. The summed E-state index contributed by atoms with van der Waals surface area (Å²) >= 11 is 0. The highest BCUT2D eigenvalue weighted by Gasteiger charge is 2.25. The zero-order chi connectivity index (χ0) is 21.2. The van der Waals surface area contributed by atoms with E-state index in [4.69, 9.17) is 9.84 Å². The zero-order valence-corrected chi connectivity index (χ0v) is 17.9. The van der Waals surface area contributed by atoms with Crippen molar-refractivity contribution < 1.29 is 29.6 Å². The van der Waals surface area contributed by atoms with Crippen molar-refractivity contribution in [1.29, 1.82) is 0 Å². The summed E-state index contributed by atoms with van der Waals surface area (Å²) in [5.41, 5.74) is 0. The maximum atomic E-state index is 11.4. The molecule has 0 aromatic heterocycles. The van der Waals surface area contributed by atoms with Gasteiger partial charge in [0.1, 0.15) is 12.2 Å². The molecule has 0 aliphatic rings. The van der Waals surface area contributed by atoms with E-state index in [9.17, 15) is 19.8 Å². The standard InChI is InChI=1S/C22H42O6/c1-3-4-5-6-7-8-9-10-11-12-13-14-15-19(21(25)26)16-20(17-23)28-22(27)18(2)24/h18-20,23-24H,3-17H2,1-2H3,(H,25,26). The van der Waals surface area contributed by atoms with Gasteiger partial charge in [0, 0.05) is 0 Å². The summed E-state index contributed by atoms with van der Waals surface area (Å²) in [7, 11) is 0. The molecule has 3 atom stereocenters. The summed E-state index contributed by atoms with van der Waals surface area (Å²) in [5.74, 6) is -2.43. The fraction of sp³-hybridized carbons (Fsp3) is 0.909. The van der Waals surface area contributed by atoms with Gasteiger partial charge in [0.2, 0.25) is 0 Å². The molecule has 0 aliphatic heterocycles. The molecule has 0 radical (unpaired) electrons. The number of carbonyl (C=O) groups is 2. The lowest BCUT2D eigenvalue weighted by molar-refractivity contribution is -0.163. The maximum absolute atomic E-state index is 11.4. The molecule has 0 rings (SSSR count). The number of hydrogen-bond acceptors (Lipinski definition) is 5. The Morgan fingerprint density at radius 3 is 1.71 bits per heavy atom. The molecule has 0 heterocycles. The van der Waals surface area contributed by atoms with Crippen molar-refractivity contribution in [2.75, 3.05) is 6.61 Å². The molecule has 166 valence electrons. The molecular weight excluding hydrogens is 360 g/mol. The number of aliphatic hydroxyl groups excluding tert-OH is 2. The molecule has 28 heavy (non-hydrogen) atoms. The van der Waals surface area contributed by atoms with Crippen LogP contribution < -0.4 is 0 Å². The molecular formula is C22H42O6. The monoisotopic (exact) mass is 402 g/mol. The number of carboxylic acid groups (broad SMARTS) is 1. The Morgan fingerprint density at radius 1 is 0.857 bits per heavy atom. The summed E-state index contributed by atoms with van der Waals surface area (Å²) in [6.07, 6.45) is 13.1. The Bertz CT molecular complexity index is 396. The minimum Gasteiger partial charge on any atom is -0.481 e. The van der Waals surface area contributed by atoms with Gasteiger partial charge in [-0.25, -0.2) is 4.79 Å². The summed E-state index contributed by atoms with van der Waals surface area (Å²) < 4.78 is 4.95. The minimum absolute atomic E-state index is 0.0718. The number of rotatable bonds is 19. The van der Waals surface area contributed by atoms with Crippen LogP contribution in [0.15, 0.2) is 0 Å². The van der Waals surface area contributed by atoms with E-state index >= 15 is 0 Å². The van der Waals surface area contributed by atoms with Crippen molar-refractivity contribution in [2.24, 2.45) is 5.92 Å². The van der Waals surface area contributed by atoms with Gasteiger partial charge in [0.15, 0.2) is 0 Å². The molecule has 0 saturated carbocycles. The summed E-state index contributed by atoms with van der Waals surface area (Å²) in [4.78, 5) is 22.8. The number of hydrogen-bond donors (Lipinski definition) is 3. The topological polar surface area (TPSA) is 104 Å². The highest BCUT2D eigenvalue weighted by atomic mass is 16.6. The van der Waals surface area contributed by atoms with Crippen LogP contribution in [0.3, 0.4) is 0 Å².